The van der Waals surface area contributed by atoms with Crippen LogP contribution in [0.1, 0.15) is 28.4 Å². The number of sulfonamides is 1. The van der Waals surface area contributed by atoms with Crippen molar-refractivity contribution in [2.75, 3.05) is 32.6 Å². The fourth-order valence-electron chi connectivity index (χ4n) is 2.91. The molecule has 0 N–H and O–H groups in total. The summed E-state index contributed by atoms with van der Waals surface area (Å²) in [5.41, 5.74) is 3.19. The maximum absolute atomic E-state index is 13.1. The van der Waals surface area contributed by atoms with Gasteiger partial charge in [-0.25, -0.2) is 12.7 Å². The van der Waals surface area contributed by atoms with Crippen molar-refractivity contribution in [3.05, 3.63) is 53.1 Å². The van der Waals surface area contributed by atoms with Crippen molar-refractivity contribution < 1.29 is 17.9 Å². The molecule has 0 aromatic heterocycles. The van der Waals surface area contributed by atoms with E-state index in [-0.39, 0.29) is 22.1 Å². The van der Waals surface area contributed by atoms with E-state index in [2.05, 4.69) is 0 Å². The van der Waals surface area contributed by atoms with E-state index in [0.29, 0.717) is 6.54 Å². The molecule has 0 saturated carbocycles. The Morgan fingerprint density at radius 1 is 1.04 bits per heavy atom. The van der Waals surface area contributed by atoms with Gasteiger partial charge in [-0.05, 0) is 62.2 Å². The molecule has 0 aliphatic heterocycles. The second-order valence-electron chi connectivity index (χ2n) is 6.55. The number of amides is 1. The van der Waals surface area contributed by atoms with Gasteiger partial charge in [-0.3, -0.25) is 4.79 Å². The number of carbonyl (C=O) groups is 1. The van der Waals surface area contributed by atoms with Crippen molar-refractivity contribution in [1.82, 2.24) is 4.31 Å². The monoisotopic (exact) mass is 390 g/mol. The van der Waals surface area contributed by atoms with Gasteiger partial charge in [-0.1, -0.05) is 6.07 Å². The first-order chi connectivity index (χ1) is 12.6. The number of hydrogen-bond acceptors (Lipinski definition) is 4. The van der Waals surface area contributed by atoms with Gasteiger partial charge in [0.05, 0.1) is 7.11 Å². The van der Waals surface area contributed by atoms with Crippen LogP contribution >= 0.6 is 0 Å². The van der Waals surface area contributed by atoms with Crippen LogP contribution in [-0.4, -0.2) is 46.4 Å². The lowest BCUT2D eigenvalue weighted by molar-refractivity contribution is 0.0988. The highest BCUT2D eigenvalue weighted by atomic mass is 32.2. The Hall–Kier alpha value is -2.38. The van der Waals surface area contributed by atoms with Crippen LogP contribution in [0.15, 0.2) is 41.3 Å². The average molecular weight is 391 g/mol. The fourth-order valence-corrected chi connectivity index (χ4v) is 3.99. The lowest BCUT2D eigenvalue weighted by Crippen LogP contribution is -2.31. The number of rotatable bonds is 6. The van der Waals surface area contributed by atoms with Crippen LogP contribution in [0, 0.1) is 13.8 Å². The zero-order chi connectivity index (χ0) is 20.4. The Morgan fingerprint density at radius 3 is 2.11 bits per heavy atom. The molecule has 27 heavy (non-hydrogen) atoms. The smallest absolute Gasteiger partial charge is 0.258 e. The molecule has 0 fully saturated rings. The molecule has 6 nitrogen and oxygen atoms in total. The van der Waals surface area contributed by atoms with Crippen LogP contribution in [-0.2, 0) is 10.0 Å². The third-order valence-electron chi connectivity index (χ3n) is 4.25. The number of benzene rings is 2. The topological polar surface area (TPSA) is 66.9 Å². The first-order valence-corrected chi connectivity index (χ1v) is 10.1. The predicted molar refractivity (Wildman–Crippen MR) is 107 cm³/mol. The summed E-state index contributed by atoms with van der Waals surface area (Å²) >= 11 is 0. The van der Waals surface area contributed by atoms with E-state index >= 15 is 0 Å². The maximum atomic E-state index is 13.1. The first kappa shape index (κ1) is 20.9. The van der Waals surface area contributed by atoms with E-state index < -0.39 is 10.0 Å². The van der Waals surface area contributed by atoms with Crippen molar-refractivity contribution in [1.29, 1.82) is 0 Å². The minimum atomic E-state index is -3.75. The molecule has 0 saturated heterocycles. The van der Waals surface area contributed by atoms with Gasteiger partial charge < -0.3 is 9.64 Å². The molecule has 0 atom stereocenters. The first-order valence-electron chi connectivity index (χ1n) is 8.62. The van der Waals surface area contributed by atoms with Crippen LogP contribution in [0.5, 0.6) is 5.75 Å². The molecule has 146 valence electrons. The Morgan fingerprint density at radius 2 is 1.63 bits per heavy atom. The van der Waals surface area contributed by atoms with Gasteiger partial charge >= 0.3 is 0 Å². The Balaban J connectivity index is 2.54. The number of methoxy groups -OCH3 is 1. The SMILES string of the molecule is CCN(C(=O)c1ccc(OC)c(S(=O)(=O)N(C)C)c1)c1cc(C)cc(C)c1. The average Bonchev–Trinajstić information content (AvgIpc) is 2.60. The van der Waals surface area contributed by atoms with E-state index in [1.165, 1.54) is 33.3 Å². The van der Waals surface area contributed by atoms with Crippen molar-refractivity contribution in [3.63, 3.8) is 0 Å². The minimum absolute atomic E-state index is 0.0303. The number of nitrogens with zero attached hydrogens (tertiary/aromatic N) is 2. The molecular weight excluding hydrogens is 364 g/mol. The standard InChI is InChI=1S/C20H26N2O4S/c1-7-22(17-11-14(2)10-15(3)12-17)20(23)16-8-9-18(26-6)19(13-16)27(24,25)21(4)5/h8-13H,7H2,1-6H3. The van der Waals surface area contributed by atoms with Crippen LogP contribution in [0.3, 0.4) is 0 Å². The summed E-state index contributed by atoms with van der Waals surface area (Å²) in [5.74, 6) is -0.0601. The predicted octanol–water partition coefficient (Wildman–Crippen LogP) is 3.23. The van der Waals surface area contributed by atoms with E-state index in [1.807, 2.05) is 39.0 Å². The zero-order valence-electron chi connectivity index (χ0n) is 16.6. The molecule has 0 unspecified atom stereocenters. The van der Waals surface area contributed by atoms with E-state index in [9.17, 15) is 13.2 Å². The molecule has 0 heterocycles. The summed E-state index contributed by atoms with van der Waals surface area (Å²) in [6.45, 7) is 6.30. The molecule has 0 aliphatic rings. The van der Waals surface area contributed by atoms with E-state index in [4.69, 9.17) is 4.74 Å². The number of carbonyl (C=O) groups excluding carboxylic acids is 1. The summed E-state index contributed by atoms with van der Waals surface area (Å²) in [4.78, 5) is 14.7. The van der Waals surface area contributed by atoms with Crippen LogP contribution in [0.4, 0.5) is 5.69 Å². The summed E-state index contributed by atoms with van der Waals surface area (Å²) in [6.07, 6.45) is 0. The van der Waals surface area contributed by atoms with Gasteiger partial charge in [0.1, 0.15) is 10.6 Å². The van der Waals surface area contributed by atoms with Crippen LogP contribution in [0.2, 0.25) is 0 Å². The highest BCUT2D eigenvalue weighted by Crippen LogP contribution is 2.28. The van der Waals surface area contributed by atoms with Crippen molar-refractivity contribution in [2.24, 2.45) is 0 Å². The van der Waals surface area contributed by atoms with Crippen LogP contribution in [0.25, 0.3) is 0 Å². The lowest BCUT2D eigenvalue weighted by atomic mass is 10.1. The molecule has 0 bridgehead atoms. The molecule has 0 aliphatic carbocycles. The third kappa shape index (κ3) is 4.31. The van der Waals surface area contributed by atoms with Gasteiger partial charge in [0.15, 0.2) is 0 Å². The normalized spacial score (nSPS) is 11.5. The lowest BCUT2D eigenvalue weighted by Gasteiger charge is -2.23. The number of aryl methyl sites for hydroxylation is 2. The highest BCUT2D eigenvalue weighted by molar-refractivity contribution is 7.89. The second kappa shape index (κ2) is 8.10. The van der Waals surface area contributed by atoms with Gasteiger partial charge in [0.2, 0.25) is 10.0 Å². The molecule has 0 spiro atoms. The van der Waals surface area contributed by atoms with Gasteiger partial charge in [-0.2, -0.15) is 0 Å². The molecular formula is C20H26N2O4S. The largest absolute Gasteiger partial charge is 0.495 e. The molecule has 1 amide bonds. The summed E-state index contributed by atoms with van der Waals surface area (Å²) in [5, 5.41) is 0. The van der Waals surface area contributed by atoms with Crippen LogP contribution < -0.4 is 9.64 Å². The molecule has 2 aromatic rings. The number of anilines is 1. The summed E-state index contributed by atoms with van der Waals surface area (Å²) in [6, 6.07) is 10.4. The zero-order valence-corrected chi connectivity index (χ0v) is 17.4. The Labute approximate surface area is 161 Å². The Bertz CT molecular complexity index is 932. The Kier molecular flexibility index (Phi) is 6.28. The number of ether oxygens (including phenoxy) is 1. The summed E-state index contributed by atoms with van der Waals surface area (Å²) < 4.78 is 31.5. The minimum Gasteiger partial charge on any atom is -0.495 e. The van der Waals surface area contributed by atoms with Crippen molar-refractivity contribution >= 4 is 21.6 Å². The molecule has 2 aromatic carbocycles. The molecule has 2 rings (SSSR count). The van der Waals surface area contributed by atoms with E-state index in [1.54, 1.807) is 11.0 Å². The number of hydrogen-bond donors (Lipinski definition) is 0. The molecule has 7 heteroatoms. The van der Waals surface area contributed by atoms with Gasteiger partial charge in [0, 0.05) is 31.9 Å². The van der Waals surface area contributed by atoms with Gasteiger partial charge in [-0.15, -0.1) is 0 Å². The van der Waals surface area contributed by atoms with Gasteiger partial charge in [0.25, 0.3) is 5.91 Å². The maximum Gasteiger partial charge on any atom is 0.258 e. The third-order valence-corrected chi connectivity index (χ3v) is 6.08. The second-order valence-corrected chi connectivity index (χ2v) is 8.67. The van der Waals surface area contributed by atoms with Crippen molar-refractivity contribution in [3.8, 4) is 5.75 Å². The fraction of sp³-hybridized carbons (Fsp3) is 0.350. The summed E-state index contributed by atoms with van der Waals surface area (Å²) in [7, 11) is 0.537. The molecule has 0 radical (unpaired) electrons. The highest BCUT2D eigenvalue weighted by Gasteiger charge is 2.25. The van der Waals surface area contributed by atoms with Crippen molar-refractivity contribution in [2.45, 2.75) is 25.7 Å². The quantitative estimate of drug-likeness (QED) is 0.759. The van der Waals surface area contributed by atoms with E-state index in [0.717, 1.165) is 21.1 Å².